The summed E-state index contributed by atoms with van der Waals surface area (Å²) in [7, 11) is 0. The first kappa shape index (κ1) is 15.4. The summed E-state index contributed by atoms with van der Waals surface area (Å²) in [6.07, 6.45) is 1.50. The van der Waals surface area contributed by atoms with Gasteiger partial charge in [0.15, 0.2) is 5.82 Å². The van der Waals surface area contributed by atoms with Gasteiger partial charge in [0.05, 0.1) is 0 Å². The van der Waals surface area contributed by atoms with E-state index in [-0.39, 0.29) is 18.5 Å². The Morgan fingerprint density at radius 3 is 2.86 bits per heavy atom. The van der Waals surface area contributed by atoms with E-state index in [1.165, 1.54) is 18.5 Å². The van der Waals surface area contributed by atoms with Crippen molar-refractivity contribution >= 4 is 0 Å². The maximum atomic E-state index is 13.6. The fraction of sp³-hybridized carbons (Fsp3) is 0.467. The first-order chi connectivity index (χ1) is 10.1. The third-order valence-corrected chi connectivity index (χ3v) is 3.01. The lowest BCUT2D eigenvalue weighted by molar-refractivity contribution is 0.281. The molecule has 6 heteroatoms. The lowest BCUT2D eigenvalue weighted by atomic mass is 10.2. The van der Waals surface area contributed by atoms with Crippen LogP contribution in [0.1, 0.15) is 38.2 Å². The Morgan fingerprint density at radius 1 is 1.33 bits per heavy atom. The Hall–Kier alpha value is -1.95. The Morgan fingerprint density at radius 2 is 2.14 bits per heavy atom. The highest BCUT2D eigenvalue weighted by atomic mass is 19.1. The van der Waals surface area contributed by atoms with Crippen molar-refractivity contribution in [2.45, 2.75) is 40.0 Å². The van der Waals surface area contributed by atoms with E-state index >= 15 is 0 Å². The number of hydrogen-bond donors (Lipinski definition) is 1. The highest BCUT2D eigenvalue weighted by molar-refractivity contribution is 5.29. The van der Waals surface area contributed by atoms with E-state index in [0.29, 0.717) is 12.3 Å². The van der Waals surface area contributed by atoms with Crippen LogP contribution in [0.2, 0.25) is 0 Å². The van der Waals surface area contributed by atoms with Gasteiger partial charge < -0.3 is 10.1 Å². The molecule has 0 amide bonds. The Balaban J connectivity index is 2.05. The number of nitrogens with one attached hydrogen (secondary N) is 1. The van der Waals surface area contributed by atoms with Crippen LogP contribution in [0.15, 0.2) is 24.5 Å². The molecule has 0 atom stereocenters. The maximum absolute atomic E-state index is 13.6. The zero-order valence-electron chi connectivity index (χ0n) is 12.6. The summed E-state index contributed by atoms with van der Waals surface area (Å²) in [4.78, 5) is 4.17. The number of nitrogens with zero attached hydrogens (tertiary/aromatic N) is 3. The van der Waals surface area contributed by atoms with Crippen molar-refractivity contribution in [2.24, 2.45) is 0 Å². The van der Waals surface area contributed by atoms with E-state index in [0.717, 1.165) is 17.9 Å². The van der Waals surface area contributed by atoms with Crippen molar-refractivity contribution in [1.82, 2.24) is 20.1 Å². The quantitative estimate of drug-likeness (QED) is 0.852. The van der Waals surface area contributed by atoms with Crippen LogP contribution in [0.25, 0.3) is 0 Å². The maximum Gasteiger partial charge on any atom is 0.165 e. The summed E-state index contributed by atoms with van der Waals surface area (Å²) in [6, 6.07) is 4.93. The van der Waals surface area contributed by atoms with E-state index in [1.54, 1.807) is 4.68 Å². The predicted molar refractivity (Wildman–Crippen MR) is 78.5 cm³/mol. The highest BCUT2D eigenvalue weighted by Gasteiger charge is 2.09. The Bertz CT molecular complexity index is 583. The second-order valence-electron chi connectivity index (χ2n) is 5.08. The Labute approximate surface area is 124 Å². The summed E-state index contributed by atoms with van der Waals surface area (Å²) in [5.74, 6) is 0.925. The average molecular weight is 292 g/mol. The molecule has 1 heterocycles. The number of halogens is 1. The number of hydrogen-bond acceptors (Lipinski definition) is 4. The van der Waals surface area contributed by atoms with Gasteiger partial charge in [-0.15, -0.1) is 0 Å². The molecule has 5 nitrogen and oxygen atoms in total. The molecule has 0 unspecified atom stereocenters. The van der Waals surface area contributed by atoms with Crippen LogP contribution in [-0.4, -0.2) is 21.3 Å². The first-order valence-corrected chi connectivity index (χ1v) is 7.11. The molecule has 1 N–H and O–H groups in total. The zero-order valence-corrected chi connectivity index (χ0v) is 12.6. The van der Waals surface area contributed by atoms with Gasteiger partial charge in [-0.05, 0) is 38.1 Å². The molecule has 2 rings (SSSR count). The van der Waals surface area contributed by atoms with Gasteiger partial charge in [-0.3, -0.25) is 0 Å². The molecule has 1 aromatic carbocycles. The monoisotopic (exact) mass is 292 g/mol. The molecular formula is C15H21FN4O. The van der Waals surface area contributed by atoms with Crippen molar-refractivity contribution in [1.29, 1.82) is 0 Å². The standard InChI is InChI=1S/C15H21FN4O/c1-4-17-8-12-5-13(16)7-14(6-12)21-9-15-18-10-19-20(15)11(2)3/h5-7,10-11,17H,4,8-9H2,1-3H3. The minimum atomic E-state index is -0.300. The molecule has 0 saturated heterocycles. The number of rotatable bonds is 7. The third-order valence-electron chi connectivity index (χ3n) is 3.01. The molecule has 0 bridgehead atoms. The van der Waals surface area contributed by atoms with Gasteiger partial charge in [0.25, 0.3) is 0 Å². The lowest BCUT2D eigenvalue weighted by Crippen LogP contribution is -2.12. The van der Waals surface area contributed by atoms with E-state index in [9.17, 15) is 4.39 Å². The number of aromatic nitrogens is 3. The minimum absolute atomic E-state index is 0.211. The molecule has 2 aromatic rings. The van der Waals surface area contributed by atoms with E-state index in [4.69, 9.17) is 4.74 Å². The second kappa shape index (κ2) is 7.17. The average Bonchev–Trinajstić information content (AvgIpc) is 2.91. The van der Waals surface area contributed by atoms with Crippen LogP contribution < -0.4 is 10.1 Å². The van der Waals surface area contributed by atoms with Crippen LogP contribution in [0.4, 0.5) is 4.39 Å². The SMILES string of the molecule is CCNCc1cc(F)cc(OCc2ncnn2C(C)C)c1. The lowest BCUT2D eigenvalue weighted by Gasteiger charge is -2.11. The van der Waals surface area contributed by atoms with Crippen LogP contribution in [0.5, 0.6) is 5.75 Å². The molecule has 0 saturated carbocycles. The number of benzene rings is 1. The molecule has 0 aliphatic rings. The summed E-state index contributed by atoms with van der Waals surface area (Å²) in [5.41, 5.74) is 0.858. The summed E-state index contributed by atoms with van der Waals surface area (Å²) in [6.45, 7) is 7.78. The van der Waals surface area contributed by atoms with Gasteiger partial charge in [0.1, 0.15) is 24.5 Å². The minimum Gasteiger partial charge on any atom is -0.486 e. The molecule has 0 aliphatic carbocycles. The molecule has 0 aliphatic heterocycles. The van der Waals surface area contributed by atoms with E-state index < -0.39 is 0 Å². The van der Waals surface area contributed by atoms with Crippen molar-refractivity contribution < 1.29 is 9.13 Å². The van der Waals surface area contributed by atoms with Gasteiger partial charge in [-0.1, -0.05) is 6.92 Å². The smallest absolute Gasteiger partial charge is 0.165 e. The Kier molecular flexibility index (Phi) is 5.27. The molecule has 0 radical (unpaired) electrons. The summed E-state index contributed by atoms with van der Waals surface area (Å²) in [5, 5.41) is 7.31. The molecule has 0 spiro atoms. The van der Waals surface area contributed by atoms with Crippen molar-refractivity contribution in [3.05, 3.63) is 41.7 Å². The largest absolute Gasteiger partial charge is 0.486 e. The fourth-order valence-corrected chi connectivity index (χ4v) is 2.03. The fourth-order valence-electron chi connectivity index (χ4n) is 2.03. The second-order valence-corrected chi connectivity index (χ2v) is 5.08. The third kappa shape index (κ3) is 4.26. The summed E-state index contributed by atoms with van der Waals surface area (Å²) < 4.78 is 21.0. The van der Waals surface area contributed by atoms with E-state index in [2.05, 4.69) is 15.4 Å². The van der Waals surface area contributed by atoms with Crippen LogP contribution in [0.3, 0.4) is 0 Å². The number of ether oxygens (including phenoxy) is 1. The highest BCUT2D eigenvalue weighted by Crippen LogP contribution is 2.18. The molecule has 0 fully saturated rings. The van der Waals surface area contributed by atoms with Crippen LogP contribution >= 0.6 is 0 Å². The summed E-state index contributed by atoms with van der Waals surface area (Å²) >= 11 is 0. The van der Waals surface area contributed by atoms with Gasteiger partial charge in [-0.2, -0.15) is 5.10 Å². The van der Waals surface area contributed by atoms with E-state index in [1.807, 2.05) is 26.8 Å². The van der Waals surface area contributed by atoms with Crippen molar-refractivity contribution in [3.63, 3.8) is 0 Å². The topological polar surface area (TPSA) is 52.0 Å². The molecular weight excluding hydrogens is 271 g/mol. The predicted octanol–water partition coefficient (Wildman–Crippen LogP) is 2.69. The van der Waals surface area contributed by atoms with Gasteiger partial charge in [-0.25, -0.2) is 14.1 Å². The van der Waals surface area contributed by atoms with Gasteiger partial charge >= 0.3 is 0 Å². The van der Waals surface area contributed by atoms with Gasteiger partial charge in [0.2, 0.25) is 0 Å². The molecule has 1 aromatic heterocycles. The van der Waals surface area contributed by atoms with Crippen molar-refractivity contribution in [3.8, 4) is 5.75 Å². The normalized spacial score (nSPS) is 11.1. The first-order valence-electron chi connectivity index (χ1n) is 7.11. The van der Waals surface area contributed by atoms with Crippen LogP contribution in [0, 0.1) is 5.82 Å². The van der Waals surface area contributed by atoms with Gasteiger partial charge in [0, 0.05) is 18.7 Å². The molecule has 21 heavy (non-hydrogen) atoms. The zero-order chi connectivity index (χ0) is 15.2. The van der Waals surface area contributed by atoms with Crippen molar-refractivity contribution in [2.75, 3.05) is 6.54 Å². The molecule has 114 valence electrons. The van der Waals surface area contributed by atoms with Crippen LogP contribution in [-0.2, 0) is 13.2 Å².